The van der Waals surface area contributed by atoms with Gasteiger partial charge in [0.15, 0.2) is 0 Å². The zero-order chi connectivity index (χ0) is 15.5. The Labute approximate surface area is 135 Å². The first-order chi connectivity index (χ1) is 10.6. The highest BCUT2D eigenvalue weighted by Crippen LogP contribution is 2.35. The molecule has 6 heteroatoms. The van der Waals surface area contributed by atoms with Crippen LogP contribution in [0.3, 0.4) is 0 Å². The van der Waals surface area contributed by atoms with Crippen LogP contribution >= 0.6 is 11.8 Å². The zero-order valence-corrected chi connectivity index (χ0v) is 13.6. The fraction of sp³-hybridized carbons (Fsp3) is 0.500. The first-order valence-corrected chi connectivity index (χ1v) is 8.66. The number of thioether (sulfide) groups is 1. The van der Waals surface area contributed by atoms with E-state index in [9.17, 15) is 9.59 Å². The number of rotatable bonds is 1. The van der Waals surface area contributed by atoms with Crippen LogP contribution in [0.5, 0.6) is 0 Å². The standard InChI is InChI=1S/C16H21N3O2S/c1-12(20)18-7-9-19(10-8-18)16(21)17-14-6-11-22-15-5-3-2-4-13(14)15/h2-5,14H,6-11H2,1H3,(H,17,21)/t14-/m1/s1. The summed E-state index contributed by atoms with van der Waals surface area (Å²) < 4.78 is 0. The van der Waals surface area contributed by atoms with Gasteiger partial charge in [-0.2, -0.15) is 0 Å². The molecule has 0 saturated carbocycles. The molecule has 3 rings (SSSR count). The molecule has 0 radical (unpaired) electrons. The van der Waals surface area contributed by atoms with Crippen molar-refractivity contribution in [2.24, 2.45) is 0 Å². The summed E-state index contributed by atoms with van der Waals surface area (Å²) in [6, 6.07) is 8.35. The van der Waals surface area contributed by atoms with Crippen molar-refractivity contribution >= 4 is 23.7 Å². The number of amides is 3. The van der Waals surface area contributed by atoms with Crippen molar-refractivity contribution in [2.45, 2.75) is 24.3 Å². The Morgan fingerprint density at radius 2 is 1.82 bits per heavy atom. The molecular weight excluding hydrogens is 298 g/mol. The van der Waals surface area contributed by atoms with Gasteiger partial charge in [0.05, 0.1) is 6.04 Å². The molecule has 0 aromatic heterocycles. The summed E-state index contributed by atoms with van der Waals surface area (Å²) in [4.78, 5) is 28.7. The molecule has 118 valence electrons. The van der Waals surface area contributed by atoms with Gasteiger partial charge in [-0.25, -0.2) is 4.79 Å². The van der Waals surface area contributed by atoms with E-state index in [0.717, 1.165) is 12.2 Å². The van der Waals surface area contributed by atoms with Crippen molar-refractivity contribution in [3.8, 4) is 0 Å². The average molecular weight is 319 g/mol. The van der Waals surface area contributed by atoms with Crippen molar-refractivity contribution in [3.63, 3.8) is 0 Å². The molecule has 2 aliphatic heterocycles. The maximum Gasteiger partial charge on any atom is 0.318 e. The van der Waals surface area contributed by atoms with E-state index < -0.39 is 0 Å². The molecule has 0 bridgehead atoms. The van der Waals surface area contributed by atoms with Crippen LogP contribution in [-0.4, -0.2) is 53.7 Å². The highest BCUT2D eigenvalue weighted by molar-refractivity contribution is 7.99. The van der Waals surface area contributed by atoms with Gasteiger partial charge in [0.25, 0.3) is 0 Å². The highest BCUT2D eigenvalue weighted by atomic mass is 32.2. The van der Waals surface area contributed by atoms with Gasteiger partial charge in [-0.1, -0.05) is 18.2 Å². The topological polar surface area (TPSA) is 52.7 Å². The largest absolute Gasteiger partial charge is 0.339 e. The summed E-state index contributed by atoms with van der Waals surface area (Å²) in [5.41, 5.74) is 1.22. The lowest BCUT2D eigenvalue weighted by molar-refractivity contribution is -0.130. The second kappa shape index (κ2) is 6.60. The zero-order valence-electron chi connectivity index (χ0n) is 12.7. The Bertz CT molecular complexity index is 570. The maximum absolute atomic E-state index is 12.5. The van der Waals surface area contributed by atoms with Crippen LogP contribution in [0.25, 0.3) is 0 Å². The van der Waals surface area contributed by atoms with Crippen molar-refractivity contribution in [1.29, 1.82) is 0 Å². The van der Waals surface area contributed by atoms with Gasteiger partial charge in [-0.3, -0.25) is 4.79 Å². The molecule has 22 heavy (non-hydrogen) atoms. The van der Waals surface area contributed by atoms with E-state index in [-0.39, 0.29) is 18.0 Å². The van der Waals surface area contributed by atoms with E-state index in [4.69, 9.17) is 0 Å². The average Bonchev–Trinajstić information content (AvgIpc) is 2.55. The van der Waals surface area contributed by atoms with E-state index >= 15 is 0 Å². The van der Waals surface area contributed by atoms with Crippen molar-refractivity contribution in [1.82, 2.24) is 15.1 Å². The van der Waals surface area contributed by atoms with E-state index in [2.05, 4.69) is 17.4 Å². The van der Waals surface area contributed by atoms with Gasteiger partial charge in [0, 0.05) is 43.8 Å². The monoisotopic (exact) mass is 319 g/mol. The lowest BCUT2D eigenvalue weighted by Crippen LogP contribution is -2.53. The first kappa shape index (κ1) is 15.2. The third-order valence-corrected chi connectivity index (χ3v) is 5.39. The summed E-state index contributed by atoms with van der Waals surface area (Å²) in [6.45, 7) is 4.04. The van der Waals surface area contributed by atoms with Crippen LogP contribution in [0.15, 0.2) is 29.2 Å². The molecule has 3 amide bonds. The lowest BCUT2D eigenvalue weighted by Gasteiger charge is -2.35. The third kappa shape index (κ3) is 3.21. The van der Waals surface area contributed by atoms with Crippen LogP contribution in [0.4, 0.5) is 4.79 Å². The summed E-state index contributed by atoms with van der Waals surface area (Å²) in [5, 5.41) is 3.16. The Kier molecular flexibility index (Phi) is 4.57. The van der Waals surface area contributed by atoms with Crippen LogP contribution < -0.4 is 5.32 Å². The number of nitrogens with one attached hydrogen (secondary N) is 1. The van der Waals surface area contributed by atoms with Gasteiger partial charge in [-0.15, -0.1) is 11.8 Å². The number of nitrogens with zero attached hydrogens (tertiary/aromatic N) is 2. The molecule has 1 aromatic rings. The minimum atomic E-state index is -0.0186. The van der Waals surface area contributed by atoms with E-state index in [0.29, 0.717) is 26.2 Å². The number of fused-ring (bicyclic) bond motifs is 1. The van der Waals surface area contributed by atoms with E-state index in [1.165, 1.54) is 10.5 Å². The van der Waals surface area contributed by atoms with Gasteiger partial charge in [-0.05, 0) is 18.1 Å². The lowest BCUT2D eigenvalue weighted by atomic mass is 10.0. The second-order valence-corrected chi connectivity index (χ2v) is 6.81. The van der Waals surface area contributed by atoms with Crippen LogP contribution in [0.2, 0.25) is 0 Å². The summed E-state index contributed by atoms with van der Waals surface area (Å²) in [6.07, 6.45) is 0.959. The van der Waals surface area contributed by atoms with E-state index in [1.54, 1.807) is 11.8 Å². The van der Waals surface area contributed by atoms with Crippen LogP contribution in [0, 0.1) is 0 Å². The Hall–Kier alpha value is -1.69. The van der Waals surface area contributed by atoms with Gasteiger partial charge in [0.1, 0.15) is 0 Å². The Morgan fingerprint density at radius 3 is 2.55 bits per heavy atom. The SMILES string of the molecule is CC(=O)N1CCN(C(=O)N[C@@H]2CCSc3ccccc32)CC1. The summed E-state index contributed by atoms with van der Waals surface area (Å²) >= 11 is 1.85. The molecule has 0 aliphatic carbocycles. The molecule has 1 saturated heterocycles. The molecule has 0 spiro atoms. The highest BCUT2D eigenvalue weighted by Gasteiger charge is 2.26. The number of piperazine rings is 1. The van der Waals surface area contributed by atoms with Crippen LogP contribution in [0.1, 0.15) is 24.9 Å². The minimum absolute atomic E-state index is 0.0186. The number of carbonyl (C=O) groups excluding carboxylic acids is 2. The first-order valence-electron chi connectivity index (χ1n) is 7.68. The summed E-state index contributed by atoms with van der Waals surface area (Å²) in [7, 11) is 0. The quantitative estimate of drug-likeness (QED) is 0.862. The number of benzene rings is 1. The summed E-state index contributed by atoms with van der Waals surface area (Å²) in [5.74, 6) is 1.11. The van der Waals surface area contributed by atoms with Gasteiger partial charge >= 0.3 is 6.03 Å². The number of hydrogen-bond acceptors (Lipinski definition) is 3. The molecule has 2 heterocycles. The second-order valence-electron chi connectivity index (χ2n) is 5.67. The van der Waals surface area contributed by atoms with Crippen molar-refractivity contribution < 1.29 is 9.59 Å². The van der Waals surface area contributed by atoms with Crippen molar-refractivity contribution in [3.05, 3.63) is 29.8 Å². The Balaban J connectivity index is 1.60. The third-order valence-electron chi connectivity index (χ3n) is 4.27. The molecule has 2 aliphatic rings. The van der Waals surface area contributed by atoms with Crippen LogP contribution in [-0.2, 0) is 4.79 Å². The maximum atomic E-state index is 12.5. The van der Waals surface area contributed by atoms with Gasteiger partial charge in [0.2, 0.25) is 5.91 Å². The molecule has 5 nitrogen and oxygen atoms in total. The molecular formula is C16H21N3O2S. The fourth-order valence-electron chi connectivity index (χ4n) is 2.96. The molecule has 0 unspecified atom stereocenters. The smallest absolute Gasteiger partial charge is 0.318 e. The fourth-order valence-corrected chi connectivity index (χ4v) is 4.08. The predicted octanol–water partition coefficient (Wildman–Crippen LogP) is 2.10. The molecule has 1 N–H and O–H groups in total. The number of urea groups is 1. The normalized spacial score (nSPS) is 21.2. The minimum Gasteiger partial charge on any atom is -0.339 e. The number of hydrogen-bond donors (Lipinski definition) is 1. The van der Waals surface area contributed by atoms with Gasteiger partial charge < -0.3 is 15.1 Å². The number of carbonyl (C=O) groups is 2. The molecule has 1 fully saturated rings. The molecule has 1 atom stereocenters. The Morgan fingerprint density at radius 1 is 1.14 bits per heavy atom. The predicted molar refractivity (Wildman–Crippen MR) is 86.9 cm³/mol. The van der Waals surface area contributed by atoms with E-state index in [1.807, 2.05) is 28.8 Å². The molecule has 1 aromatic carbocycles. The van der Waals surface area contributed by atoms with Crippen molar-refractivity contribution in [2.75, 3.05) is 31.9 Å².